The van der Waals surface area contributed by atoms with Crippen LogP contribution in [0.4, 0.5) is 5.69 Å². The van der Waals surface area contributed by atoms with Crippen molar-refractivity contribution < 1.29 is 17.9 Å². The molecule has 0 saturated carbocycles. The molecule has 0 aliphatic carbocycles. The summed E-state index contributed by atoms with van der Waals surface area (Å²) < 4.78 is 33.4. The number of hydrogen-bond donors (Lipinski definition) is 1. The highest BCUT2D eigenvalue weighted by atomic mass is 32.2. The zero-order valence-corrected chi connectivity index (χ0v) is 16.6. The van der Waals surface area contributed by atoms with E-state index < -0.39 is 10.0 Å². The van der Waals surface area contributed by atoms with E-state index in [1.807, 2.05) is 30.3 Å². The lowest BCUT2D eigenvalue weighted by Crippen LogP contribution is -2.53. The molecule has 29 heavy (non-hydrogen) atoms. The van der Waals surface area contributed by atoms with Crippen molar-refractivity contribution in [2.45, 2.75) is 24.3 Å². The van der Waals surface area contributed by atoms with Crippen molar-refractivity contribution in [2.75, 3.05) is 18.5 Å². The molecule has 0 unspecified atom stereocenters. The second-order valence-corrected chi connectivity index (χ2v) is 8.81. The number of ether oxygens (including phenoxy) is 1. The second-order valence-electron chi connectivity index (χ2n) is 6.92. The first-order valence-electron chi connectivity index (χ1n) is 9.15. The van der Waals surface area contributed by atoms with E-state index in [2.05, 4.69) is 10.2 Å². The monoisotopic (exact) mass is 409 g/mol. The summed E-state index contributed by atoms with van der Waals surface area (Å²) in [5.74, 6) is 0.310. The zero-order valence-electron chi connectivity index (χ0n) is 15.8. The first-order chi connectivity index (χ1) is 13.9. The number of anilines is 1. The van der Waals surface area contributed by atoms with Gasteiger partial charge in [0.2, 0.25) is 15.9 Å². The van der Waals surface area contributed by atoms with E-state index in [-0.39, 0.29) is 34.7 Å². The Bertz CT molecular complexity index is 1150. The van der Waals surface area contributed by atoms with Crippen LogP contribution in [0.1, 0.15) is 18.9 Å². The lowest BCUT2D eigenvalue weighted by atomic mass is 10.1. The molecule has 1 fully saturated rings. The van der Waals surface area contributed by atoms with Crippen LogP contribution in [-0.2, 0) is 14.8 Å². The number of hydrogen-bond acceptors (Lipinski definition) is 4. The third kappa shape index (κ3) is 3.39. The highest BCUT2D eigenvalue weighted by molar-refractivity contribution is 7.89. The van der Waals surface area contributed by atoms with Gasteiger partial charge < -0.3 is 10.1 Å². The summed E-state index contributed by atoms with van der Waals surface area (Å²) >= 11 is 0. The molecule has 1 saturated heterocycles. The van der Waals surface area contributed by atoms with Gasteiger partial charge in [0.15, 0.2) is 5.70 Å². The highest BCUT2D eigenvalue weighted by Gasteiger charge is 2.39. The maximum Gasteiger partial charge on any atom is 0.245 e. The number of fused-ring (bicyclic) bond motifs is 1. The molecule has 2 aromatic rings. The number of amides is 1. The van der Waals surface area contributed by atoms with Gasteiger partial charge in [-0.15, -0.1) is 0 Å². The van der Waals surface area contributed by atoms with Gasteiger partial charge in [0, 0.05) is 17.8 Å². The lowest BCUT2D eigenvalue weighted by Gasteiger charge is -2.39. The molecule has 1 amide bonds. The number of nitrogens with zero attached hydrogens (tertiary/aromatic N) is 2. The van der Waals surface area contributed by atoms with Crippen LogP contribution in [0.3, 0.4) is 0 Å². The molecule has 2 aromatic carbocycles. The molecule has 1 N–H and O–H groups in total. The normalized spacial score (nSPS) is 20.3. The van der Waals surface area contributed by atoms with Crippen molar-refractivity contribution in [2.24, 2.45) is 0 Å². The van der Waals surface area contributed by atoms with Gasteiger partial charge in [-0.2, -0.15) is 4.31 Å². The summed E-state index contributed by atoms with van der Waals surface area (Å²) in [5.41, 5.74) is 1.41. The van der Waals surface area contributed by atoms with Gasteiger partial charge in [0.05, 0.1) is 23.1 Å². The SMILES string of the molecule is [C-]#[N+]/C(C)=C1/C(=O)Nc2ccc(S(=O)(=O)N3CC[C@H]3COc3ccccc3)cc21. The number of para-hydroxylation sites is 1. The molecule has 8 heteroatoms. The number of allylic oxidation sites excluding steroid dienone is 1. The van der Waals surface area contributed by atoms with Crippen molar-refractivity contribution in [3.05, 3.63) is 71.2 Å². The third-order valence-electron chi connectivity index (χ3n) is 5.15. The van der Waals surface area contributed by atoms with Gasteiger partial charge in [-0.3, -0.25) is 4.79 Å². The number of carbonyl (C=O) groups is 1. The second kappa shape index (κ2) is 7.35. The maximum absolute atomic E-state index is 13.2. The number of carbonyl (C=O) groups excluding carboxylic acids is 1. The summed E-state index contributed by atoms with van der Waals surface area (Å²) in [7, 11) is -3.74. The van der Waals surface area contributed by atoms with E-state index in [1.165, 1.54) is 16.4 Å². The summed E-state index contributed by atoms with van der Waals surface area (Å²) in [6, 6.07) is 13.6. The molecule has 2 aliphatic heterocycles. The average molecular weight is 409 g/mol. The molecule has 2 aliphatic rings. The molecule has 7 nitrogen and oxygen atoms in total. The van der Waals surface area contributed by atoms with Gasteiger partial charge in [0.1, 0.15) is 12.4 Å². The average Bonchev–Trinajstić information content (AvgIpc) is 3.02. The van der Waals surface area contributed by atoms with Crippen LogP contribution in [0.5, 0.6) is 5.75 Å². The number of sulfonamides is 1. The molecule has 1 atom stereocenters. The highest BCUT2D eigenvalue weighted by Crippen LogP contribution is 2.37. The van der Waals surface area contributed by atoms with E-state index in [1.54, 1.807) is 13.0 Å². The minimum Gasteiger partial charge on any atom is -0.492 e. The molecule has 0 bridgehead atoms. The standard InChI is InChI=1S/C21H19N3O4S/c1-14(22-2)20-18-12-17(8-9-19(18)23-21(20)25)29(26,27)24-11-10-15(24)13-28-16-6-4-3-5-7-16/h3-9,12,15H,10-11,13H2,1H3,(H,23,25)/b20-14+/t15-/m0/s1. The van der Waals surface area contributed by atoms with Crippen molar-refractivity contribution in [1.82, 2.24) is 4.31 Å². The Morgan fingerprint density at radius 1 is 1.28 bits per heavy atom. The molecule has 148 valence electrons. The lowest BCUT2D eigenvalue weighted by molar-refractivity contribution is -0.110. The van der Waals surface area contributed by atoms with Gasteiger partial charge in [-0.25, -0.2) is 13.3 Å². The predicted molar refractivity (Wildman–Crippen MR) is 109 cm³/mol. The van der Waals surface area contributed by atoms with Gasteiger partial charge >= 0.3 is 0 Å². The Morgan fingerprint density at radius 2 is 2.03 bits per heavy atom. The summed E-state index contributed by atoms with van der Waals surface area (Å²) in [5, 5.41) is 2.68. The number of benzene rings is 2. The molecule has 0 spiro atoms. The minimum atomic E-state index is -3.74. The smallest absolute Gasteiger partial charge is 0.245 e. The molecular formula is C21H19N3O4S. The predicted octanol–water partition coefficient (Wildman–Crippen LogP) is 3.13. The Balaban J connectivity index is 1.58. The van der Waals surface area contributed by atoms with E-state index in [0.29, 0.717) is 23.5 Å². The largest absolute Gasteiger partial charge is 0.492 e. The van der Waals surface area contributed by atoms with Gasteiger partial charge in [-0.1, -0.05) is 18.2 Å². The fraction of sp³-hybridized carbons (Fsp3) is 0.238. The fourth-order valence-corrected chi connectivity index (χ4v) is 5.15. The molecule has 0 radical (unpaired) electrons. The van der Waals surface area contributed by atoms with Gasteiger partial charge in [-0.05, 0) is 43.7 Å². The first-order valence-corrected chi connectivity index (χ1v) is 10.6. The van der Waals surface area contributed by atoms with Gasteiger partial charge in [0.25, 0.3) is 0 Å². The number of nitrogens with one attached hydrogen (secondary N) is 1. The van der Waals surface area contributed by atoms with Crippen LogP contribution >= 0.6 is 0 Å². The molecule has 2 heterocycles. The van der Waals surface area contributed by atoms with Crippen molar-refractivity contribution in [3.63, 3.8) is 0 Å². The molecular weight excluding hydrogens is 390 g/mol. The Labute approximate surface area is 169 Å². The zero-order chi connectivity index (χ0) is 20.6. The van der Waals surface area contributed by atoms with Crippen LogP contribution in [-0.4, -0.2) is 37.8 Å². The van der Waals surface area contributed by atoms with Crippen LogP contribution in [0, 0.1) is 6.57 Å². The van der Waals surface area contributed by atoms with Crippen LogP contribution in [0.2, 0.25) is 0 Å². The molecule has 4 rings (SSSR count). The first kappa shape index (κ1) is 19.2. The summed E-state index contributed by atoms with van der Waals surface area (Å²) in [6.45, 7) is 9.42. The van der Waals surface area contributed by atoms with Crippen molar-refractivity contribution in [3.8, 4) is 5.75 Å². The van der Waals surface area contributed by atoms with Crippen LogP contribution < -0.4 is 10.1 Å². The topological polar surface area (TPSA) is 80.1 Å². The third-order valence-corrected chi connectivity index (χ3v) is 7.10. The number of rotatable bonds is 5. The summed E-state index contributed by atoms with van der Waals surface area (Å²) in [6.07, 6.45) is 0.721. The van der Waals surface area contributed by atoms with Crippen molar-refractivity contribution in [1.29, 1.82) is 0 Å². The van der Waals surface area contributed by atoms with Crippen LogP contribution in [0.15, 0.2) is 59.1 Å². The van der Waals surface area contributed by atoms with E-state index in [9.17, 15) is 13.2 Å². The Hall–Kier alpha value is -3.15. The fourth-order valence-electron chi connectivity index (χ4n) is 3.47. The summed E-state index contributed by atoms with van der Waals surface area (Å²) in [4.78, 5) is 15.6. The quantitative estimate of drug-likeness (QED) is 0.608. The van der Waals surface area contributed by atoms with Crippen LogP contribution in [0.25, 0.3) is 10.4 Å². The van der Waals surface area contributed by atoms with E-state index >= 15 is 0 Å². The Kier molecular flexibility index (Phi) is 4.86. The molecule has 0 aromatic heterocycles. The maximum atomic E-state index is 13.2. The Morgan fingerprint density at radius 3 is 2.69 bits per heavy atom. The minimum absolute atomic E-state index is 0.104. The van der Waals surface area contributed by atoms with Crippen molar-refractivity contribution >= 4 is 27.2 Å². The van der Waals surface area contributed by atoms with E-state index in [4.69, 9.17) is 11.3 Å². The van der Waals surface area contributed by atoms with E-state index in [0.717, 1.165) is 6.42 Å².